The third-order valence-corrected chi connectivity index (χ3v) is 3.69. The summed E-state index contributed by atoms with van der Waals surface area (Å²) in [5.74, 6) is 0. The molecule has 0 amide bonds. The van der Waals surface area contributed by atoms with Gasteiger partial charge >= 0.3 is 0 Å². The molecule has 0 saturated heterocycles. The maximum Gasteiger partial charge on any atom is 0.0349 e. The van der Waals surface area contributed by atoms with E-state index < -0.39 is 0 Å². The molecule has 0 unspecified atom stereocenters. The zero-order valence-electron chi connectivity index (χ0n) is 8.63. The second kappa shape index (κ2) is 3.58. The van der Waals surface area contributed by atoms with Crippen LogP contribution in [0, 0.1) is 0 Å². The molecule has 0 radical (unpaired) electrons. The largest absolute Gasteiger partial charge is 0.136 e. The Labute approximate surface area is 88.9 Å². The lowest BCUT2D eigenvalue weighted by atomic mass is 10.1. The van der Waals surface area contributed by atoms with Gasteiger partial charge in [0.2, 0.25) is 0 Å². The first-order valence-electron chi connectivity index (χ1n) is 4.89. The van der Waals surface area contributed by atoms with Crippen LogP contribution in [0.2, 0.25) is 0 Å². The van der Waals surface area contributed by atoms with E-state index in [1.165, 1.54) is 20.5 Å². The van der Waals surface area contributed by atoms with E-state index in [-0.39, 0.29) is 0 Å². The van der Waals surface area contributed by atoms with Crippen LogP contribution in [0.15, 0.2) is 30.8 Å². The van der Waals surface area contributed by atoms with Crippen LogP contribution in [0.1, 0.15) is 24.3 Å². The van der Waals surface area contributed by atoms with E-state index in [1.54, 1.807) is 0 Å². The Morgan fingerprint density at radius 1 is 1.36 bits per heavy atom. The van der Waals surface area contributed by atoms with Gasteiger partial charge in [0.05, 0.1) is 0 Å². The van der Waals surface area contributed by atoms with Gasteiger partial charge in [-0.15, -0.1) is 11.3 Å². The van der Waals surface area contributed by atoms with Crippen LogP contribution >= 0.6 is 11.3 Å². The van der Waals surface area contributed by atoms with Gasteiger partial charge in [-0.1, -0.05) is 25.6 Å². The van der Waals surface area contributed by atoms with Crippen LogP contribution in [0.3, 0.4) is 0 Å². The molecule has 0 fully saturated rings. The summed E-state index contributed by atoms with van der Waals surface area (Å²) in [4.78, 5) is 1.30. The average Bonchev–Trinajstić information content (AvgIpc) is 2.59. The number of aryl methyl sites for hydroxylation is 1. The van der Waals surface area contributed by atoms with Crippen molar-refractivity contribution < 1.29 is 0 Å². The zero-order chi connectivity index (χ0) is 10.1. The summed E-state index contributed by atoms with van der Waals surface area (Å²) in [6.45, 7) is 8.22. The van der Waals surface area contributed by atoms with Crippen LogP contribution in [-0.2, 0) is 6.42 Å². The van der Waals surface area contributed by atoms with Crippen molar-refractivity contribution in [3.8, 4) is 0 Å². The molecule has 72 valence electrons. The number of hydrogen-bond acceptors (Lipinski definition) is 1. The molecule has 1 aromatic carbocycles. The fourth-order valence-electron chi connectivity index (χ4n) is 1.52. The van der Waals surface area contributed by atoms with Gasteiger partial charge in [-0.25, -0.2) is 0 Å². The van der Waals surface area contributed by atoms with Gasteiger partial charge in [-0.2, -0.15) is 0 Å². The fraction of sp³-hybridized carbons (Fsp3) is 0.231. The van der Waals surface area contributed by atoms with Crippen molar-refractivity contribution in [2.45, 2.75) is 20.3 Å². The first kappa shape index (κ1) is 9.47. The number of hydrogen-bond donors (Lipinski definition) is 0. The number of benzene rings is 1. The maximum absolute atomic E-state index is 3.97. The Morgan fingerprint density at radius 3 is 2.79 bits per heavy atom. The summed E-state index contributed by atoms with van der Waals surface area (Å²) in [5, 5.41) is 1.35. The highest BCUT2D eigenvalue weighted by Gasteiger charge is 2.02. The van der Waals surface area contributed by atoms with Crippen molar-refractivity contribution in [1.82, 2.24) is 0 Å². The molecule has 0 aliphatic heterocycles. The molecule has 0 N–H and O–H groups in total. The average molecular weight is 202 g/mol. The summed E-state index contributed by atoms with van der Waals surface area (Å²) < 4.78 is 1.36. The first-order chi connectivity index (χ1) is 6.70. The summed E-state index contributed by atoms with van der Waals surface area (Å²) >= 11 is 1.83. The van der Waals surface area contributed by atoms with Gasteiger partial charge in [0, 0.05) is 9.58 Å². The summed E-state index contributed by atoms with van der Waals surface area (Å²) in [5.41, 5.74) is 2.56. The van der Waals surface area contributed by atoms with Crippen LogP contribution < -0.4 is 0 Å². The van der Waals surface area contributed by atoms with Gasteiger partial charge in [-0.3, -0.25) is 0 Å². The predicted molar refractivity (Wildman–Crippen MR) is 65.9 cm³/mol. The molecule has 14 heavy (non-hydrogen) atoms. The van der Waals surface area contributed by atoms with Crippen molar-refractivity contribution >= 4 is 27.0 Å². The van der Waals surface area contributed by atoms with E-state index in [2.05, 4.69) is 44.7 Å². The van der Waals surface area contributed by atoms with Crippen LogP contribution in [0.25, 0.3) is 15.7 Å². The second-order valence-electron chi connectivity index (χ2n) is 3.62. The third-order valence-electron chi connectivity index (χ3n) is 2.41. The fourth-order valence-corrected chi connectivity index (χ4v) is 2.49. The van der Waals surface area contributed by atoms with E-state index in [4.69, 9.17) is 0 Å². The number of allylic oxidation sites excluding steroid dienone is 1. The topological polar surface area (TPSA) is 0 Å². The smallest absolute Gasteiger partial charge is 0.0349 e. The van der Waals surface area contributed by atoms with Crippen molar-refractivity contribution in [1.29, 1.82) is 0 Å². The normalized spacial score (nSPS) is 10.7. The molecule has 0 atom stereocenters. The number of fused-ring (bicyclic) bond motifs is 1. The lowest BCUT2D eigenvalue weighted by Gasteiger charge is -1.94. The quantitative estimate of drug-likeness (QED) is 0.672. The minimum atomic E-state index is 1.11. The van der Waals surface area contributed by atoms with Crippen molar-refractivity contribution in [3.63, 3.8) is 0 Å². The molecule has 0 bridgehead atoms. The van der Waals surface area contributed by atoms with Gasteiger partial charge < -0.3 is 0 Å². The van der Waals surface area contributed by atoms with Crippen LogP contribution in [-0.4, -0.2) is 0 Å². The predicted octanol–water partition coefficient (Wildman–Crippen LogP) is 4.50. The lowest BCUT2D eigenvalue weighted by molar-refractivity contribution is 1.15. The second-order valence-corrected chi connectivity index (χ2v) is 4.70. The van der Waals surface area contributed by atoms with E-state index >= 15 is 0 Å². The Kier molecular flexibility index (Phi) is 2.42. The molecule has 0 saturated carbocycles. The standard InChI is InChI=1S/C13H14S/c1-4-10-5-6-12-11(7-10)8-13(14-12)9(2)3/h5-8H,2,4H2,1,3H3. The van der Waals surface area contributed by atoms with E-state index in [0.717, 1.165) is 12.0 Å². The van der Waals surface area contributed by atoms with Gasteiger partial charge in [0.25, 0.3) is 0 Å². The minimum absolute atomic E-state index is 1.11. The molecule has 2 aromatic rings. The molecule has 2 rings (SSSR count). The summed E-state index contributed by atoms with van der Waals surface area (Å²) in [6, 6.07) is 8.94. The highest BCUT2D eigenvalue weighted by atomic mass is 32.1. The van der Waals surface area contributed by atoms with Crippen LogP contribution in [0.4, 0.5) is 0 Å². The molecule has 1 aromatic heterocycles. The third kappa shape index (κ3) is 1.60. The SMILES string of the molecule is C=C(C)c1cc2cc(CC)ccc2s1. The highest BCUT2D eigenvalue weighted by Crippen LogP contribution is 2.30. The Hall–Kier alpha value is -1.08. The van der Waals surface area contributed by atoms with Crippen molar-refractivity contribution in [2.75, 3.05) is 0 Å². The van der Waals surface area contributed by atoms with Gasteiger partial charge in [0.15, 0.2) is 0 Å². The minimum Gasteiger partial charge on any atom is -0.136 e. The summed E-state index contributed by atoms with van der Waals surface area (Å²) in [7, 11) is 0. The molecule has 1 heteroatoms. The number of rotatable bonds is 2. The molecule has 0 aliphatic rings. The number of thiophene rings is 1. The van der Waals surface area contributed by atoms with Crippen molar-refractivity contribution in [3.05, 3.63) is 41.3 Å². The molecule has 0 spiro atoms. The molecule has 0 aliphatic carbocycles. The van der Waals surface area contributed by atoms with E-state index in [0.29, 0.717) is 0 Å². The van der Waals surface area contributed by atoms with Crippen molar-refractivity contribution in [2.24, 2.45) is 0 Å². The Bertz CT molecular complexity index is 477. The molecule has 1 heterocycles. The first-order valence-corrected chi connectivity index (χ1v) is 5.70. The Balaban J connectivity index is 2.60. The Morgan fingerprint density at radius 2 is 2.14 bits per heavy atom. The lowest BCUT2D eigenvalue weighted by Crippen LogP contribution is -1.76. The highest BCUT2D eigenvalue weighted by molar-refractivity contribution is 7.20. The maximum atomic E-state index is 3.97. The van der Waals surface area contributed by atoms with E-state index in [9.17, 15) is 0 Å². The zero-order valence-corrected chi connectivity index (χ0v) is 9.45. The molecular formula is C13H14S. The van der Waals surface area contributed by atoms with E-state index in [1.807, 2.05) is 11.3 Å². The van der Waals surface area contributed by atoms with Crippen LogP contribution in [0.5, 0.6) is 0 Å². The molecule has 0 nitrogen and oxygen atoms in total. The monoisotopic (exact) mass is 202 g/mol. The summed E-state index contributed by atoms with van der Waals surface area (Å²) in [6.07, 6.45) is 1.11. The molecular weight excluding hydrogens is 188 g/mol. The van der Waals surface area contributed by atoms with Gasteiger partial charge in [0.1, 0.15) is 0 Å². The van der Waals surface area contributed by atoms with Gasteiger partial charge in [-0.05, 0) is 42.0 Å².